The number of nitrogen functional groups attached to an aromatic ring is 2. The Bertz CT molecular complexity index is 434. The van der Waals surface area contributed by atoms with Crippen LogP contribution >= 0.6 is 0 Å². The van der Waals surface area contributed by atoms with Gasteiger partial charge in [0.2, 0.25) is 0 Å². The summed E-state index contributed by atoms with van der Waals surface area (Å²) in [4.78, 5) is 14.1. The van der Waals surface area contributed by atoms with Crippen LogP contribution in [0.4, 0.5) is 11.4 Å². The molecule has 0 spiro atoms. The van der Waals surface area contributed by atoms with Crippen LogP contribution < -0.4 is 11.5 Å². The lowest BCUT2D eigenvalue weighted by atomic mass is 10.1. The molecule has 1 fully saturated rings. The molecule has 0 saturated carbocycles. The SMILES string of the molecule is C[C@@H]1COCCN1C(=O)c1ccc(N)cc1N. The van der Waals surface area contributed by atoms with Crippen molar-refractivity contribution in [1.82, 2.24) is 4.90 Å². The molecular weight excluding hydrogens is 218 g/mol. The number of benzene rings is 1. The normalized spacial score (nSPS) is 20.3. The maximum atomic E-state index is 12.3. The third-order valence-electron chi connectivity index (χ3n) is 2.93. The summed E-state index contributed by atoms with van der Waals surface area (Å²) < 4.78 is 5.30. The van der Waals surface area contributed by atoms with Gasteiger partial charge in [-0.1, -0.05) is 0 Å². The Morgan fingerprint density at radius 1 is 1.47 bits per heavy atom. The van der Waals surface area contributed by atoms with Gasteiger partial charge in [0.05, 0.1) is 24.8 Å². The first-order valence-corrected chi connectivity index (χ1v) is 5.63. The standard InChI is InChI=1S/C12H17N3O2/c1-8-7-17-5-4-15(8)12(16)10-3-2-9(13)6-11(10)14/h2-3,6,8H,4-5,7,13-14H2,1H3/t8-/m1/s1. The van der Waals surface area contributed by atoms with Crippen molar-refractivity contribution in [3.05, 3.63) is 23.8 Å². The summed E-state index contributed by atoms with van der Waals surface area (Å²) in [6.45, 7) is 3.71. The van der Waals surface area contributed by atoms with Gasteiger partial charge in [-0.25, -0.2) is 0 Å². The first kappa shape index (κ1) is 11.7. The van der Waals surface area contributed by atoms with E-state index in [4.69, 9.17) is 16.2 Å². The number of anilines is 2. The summed E-state index contributed by atoms with van der Waals surface area (Å²) in [6.07, 6.45) is 0. The van der Waals surface area contributed by atoms with Crippen molar-refractivity contribution < 1.29 is 9.53 Å². The van der Waals surface area contributed by atoms with Crippen LogP contribution in [0.1, 0.15) is 17.3 Å². The zero-order valence-electron chi connectivity index (χ0n) is 9.85. The molecule has 0 bridgehead atoms. The molecule has 1 amide bonds. The topological polar surface area (TPSA) is 81.6 Å². The first-order valence-electron chi connectivity index (χ1n) is 5.63. The van der Waals surface area contributed by atoms with E-state index in [1.165, 1.54) is 0 Å². The molecule has 0 aliphatic carbocycles. The minimum Gasteiger partial charge on any atom is -0.399 e. The van der Waals surface area contributed by atoms with E-state index in [1.54, 1.807) is 23.1 Å². The van der Waals surface area contributed by atoms with Gasteiger partial charge >= 0.3 is 0 Å². The zero-order valence-corrected chi connectivity index (χ0v) is 9.85. The average Bonchev–Trinajstić information content (AvgIpc) is 2.29. The molecule has 5 nitrogen and oxygen atoms in total. The second kappa shape index (κ2) is 4.63. The molecule has 0 aromatic heterocycles. The minimum absolute atomic E-state index is 0.0571. The third kappa shape index (κ3) is 2.34. The number of rotatable bonds is 1. The second-order valence-corrected chi connectivity index (χ2v) is 4.27. The number of nitrogens with zero attached hydrogens (tertiary/aromatic N) is 1. The molecule has 2 rings (SSSR count). The van der Waals surface area contributed by atoms with Gasteiger partial charge in [0.25, 0.3) is 5.91 Å². The van der Waals surface area contributed by atoms with Crippen LogP contribution in [-0.2, 0) is 4.74 Å². The fourth-order valence-electron chi connectivity index (χ4n) is 1.96. The van der Waals surface area contributed by atoms with Gasteiger partial charge in [0.15, 0.2) is 0 Å². The van der Waals surface area contributed by atoms with Crippen molar-refractivity contribution in [3.63, 3.8) is 0 Å². The van der Waals surface area contributed by atoms with Crippen LogP contribution in [-0.4, -0.2) is 36.6 Å². The molecule has 1 aliphatic rings. The first-order chi connectivity index (χ1) is 8.09. The van der Waals surface area contributed by atoms with Crippen LogP contribution in [0, 0.1) is 0 Å². The molecular formula is C12H17N3O2. The van der Waals surface area contributed by atoms with Crippen LogP contribution in [0.5, 0.6) is 0 Å². The maximum Gasteiger partial charge on any atom is 0.256 e. The smallest absolute Gasteiger partial charge is 0.256 e. The van der Waals surface area contributed by atoms with E-state index in [2.05, 4.69) is 0 Å². The molecule has 17 heavy (non-hydrogen) atoms. The monoisotopic (exact) mass is 235 g/mol. The lowest BCUT2D eigenvalue weighted by Gasteiger charge is -2.33. The minimum atomic E-state index is -0.0571. The van der Waals surface area contributed by atoms with Crippen molar-refractivity contribution in [2.24, 2.45) is 0 Å². The Labute approximate surface area is 100 Å². The molecule has 5 heteroatoms. The van der Waals surface area contributed by atoms with E-state index in [0.29, 0.717) is 36.7 Å². The number of hydrogen-bond acceptors (Lipinski definition) is 4. The van der Waals surface area contributed by atoms with E-state index >= 15 is 0 Å². The van der Waals surface area contributed by atoms with Crippen molar-refractivity contribution in [2.45, 2.75) is 13.0 Å². The number of morpholine rings is 1. The average molecular weight is 235 g/mol. The molecule has 1 aromatic carbocycles. The number of hydrogen-bond donors (Lipinski definition) is 2. The molecule has 1 saturated heterocycles. The van der Waals surface area contributed by atoms with Crippen LogP contribution in [0.3, 0.4) is 0 Å². The Morgan fingerprint density at radius 3 is 2.88 bits per heavy atom. The van der Waals surface area contributed by atoms with E-state index in [0.717, 1.165) is 0 Å². The number of ether oxygens (including phenoxy) is 1. The van der Waals surface area contributed by atoms with Gasteiger partial charge in [0.1, 0.15) is 0 Å². The molecule has 0 unspecified atom stereocenters. The molecule has 4 N–H and O–H groups in total. The maximum absolute atomic E-state index is 12.3. The van der Waals surface area contributed by atoms with Crippen molar-refractivity contribution in [3.8, 4) is 0 Å². The number of amides is 1. The van der Waals surface area contributed by atoms with E-state index < -0.39 is 0 Å². The van der Waals surface area contributed by atoms with Crippen molar-refractivity contribution in [2.75, 3.05) is 31.2 Å². The molecule has 1 aliphatic heterocycles. The fraction of sp³-hybridized carbons (Fsp3) is 0.417. The second-order valence-electron chi connectivity index (χ2n) is 4.27. The van der Waals surface area contributed by atoms with Gasteiger partial charge in [-0.2, -0.15) is 0 Å². The number of nitrogens with two attached hydrogens (primary N) is 2. The molecule has 1 heterocycles. The van der Waals surface area contributed by atoms with Gasteiger partial charge in [-0.15, -0.1) is 0 Å². The molecule has 92 valence electrons. The molecule has 0 radical (unpaired) electrons. The Kier molecular flexibility index (Phi) is 3.19. The van der Waals surface area contributed by atoms with Crippen molar-refractivity contribution >= 4 is 17.3 Å². The Balaban J connectivity index is 2.24. The van der Waals surface area contributed by atoms with Gasteiger partial charge < -0.3 is 21.1 Å². The van der Waals surface area contributed by atoms with Gasteiger partial charge in [-0.3, -0.25) is 4.79 Å². The highest BCUT2D eigenvalue weighted by molar-refractivity contribution is 5.99. The summed E-state index contributed by atoms with van der Waals surface area (Å²) >= 11 is 0. The highest BCUT2D eigenvalue weighted by atomic mass is 16.5. The van der Waals surface area contributed by atoms with Gasteiger partial charge in [0, 0.05) is 17.9 Å². The lowest BCUT2D eigenvalue weighted by molar-refractivity contribution is 0.00365. The highest BCUT2D eigenvalue weighted by Crippen LogP contribution is 2.19. The summed E-state index contributed by atoms with van der Waals surface area (Å²) in [7, 11) is 0. The summed E-state index contributed by atoms with van der Waals surface area (Å²) in [5, 5.41) is 0. The quantitative estimate of drug-likeness (QED) is 0.702. The fourth-order valence-corrected chi connectivity index (χ4v) is 1.96. The zero-order chi connectivity index (χ0) is 12.4. The van der Waals surface area contributed by atoms with Gasteiger partial charge in [-0.05, 0) is 25.1 Å². The van der Waals surface area contributed by atoms with Crippen LogP contribution in [0.25, 0.3) is 0 Å². The highest BCUT2D eigenvalue weighted by Gasteiger charge is 2.25. The predicted octanol–water partition coefficient (Wildman–Crippen LogP) is 0.712. The summed E-state index contributed by atoms with van der Waals surface area (Å²) in [6, 6.07) is 5.05. The van der Waals surface area contributed by atoms with E-state index in [1.807, 2.05) is 6.92 Å². The van der Waals surface area contributed by atoms with Crippen LogP contribution in [0.2, 0.25) is 0 Å². The number of carbonyl (C=O) groups excluding carboxylic acids is 1. The number of carbonyl (C=O) groups is 1. The molecule has 1 aromatic rings. The largest absolute Gasteiger partial charge is 0.399 e. The van der Waals surface area contributed by atoms with Crippen LogP contribution in [0.15, 0.2) is 18.2 Å². The molecule has 1 atom stereocenters. The van der Waals surface area contributed by atoms with E-state index in [-0.39, 0.29) is 11.9 Å². The summed E-state index contributed by atoms with van der Waals surface area (Å²) in [5.74, 6) is -0.0571. The Hall–Kier alpha value is -1.75. The summed E-state index contributed by atoms with van der Waals surface area (Å²) in [5.41, 5.74) is 12.9. The Morgan fingerprint density at radius 2 is 2.24 bits per heavy atom. The predicted molar refractivity (Wildman–Crippen MR) is 66.6 cm³/mol. The van der Waals surface area contributed by atoms with E-state index in [9.17, 15) is 4.79 Å². The lowest BCUT2D eigenvalue weighted by Crippen LogP contribution is -2.47. The third-order valence-corrected chi connectivity index (χ3v) is 2.93. The van der Waals surface area contributed by atoms with Crippen molar-refractivity contribution in [1.29, 1.82) is 0 Å².